The van der Waals surface area contributed by atoms with Gasteiger partial charge in [0.25, 0.3) is 0 Å². The lowest BCUT2D eigenvalue weighted by Gasteiger charge is -2.26. The Bertz CT molecular complexity index is 278. The zero-order valence-electron chi connectivity index (χ0n) is 12.9. The van der Waals surface area contributed by atoms with Crippen LogP contribution in [0.5, 0.6) is 0 Å². The molecule has 0 aromatic carbocycles. The molecule has 0 radical (unpaired) electrons. The number of carbonyl (C=O) groups excluding carboxylic acids is 1. The third kappa shape index (κ3) is 7.77. The standard InChI is InChI=1S/C14H28N2O3S/c1-4-7-12(13(15)20)14(17)16(8-10-18-5-2)9-11-19-6-3/h12H,4-11H2,1-3H3,(H2,15,20). The van der Waals surface area contributed by atoms with Crippen LogP contribution in [-0.2, 0) is 14.3 Å². The van der Waals surface area contributed by atoms with Crippen molar-refractivity contribution in [2.24, 2.45) is 11.7 Å². The molecule has 0 bridgehead atoms. The van der Waals surface area contributed by atoms with Gasteiger partial charge in [0.05, 0.1) is 24.1 Å². The van der Waals surface area contributed by atoms with Crippen LogP contribution in [0.25, 0.3) is 0 Å². The Morgan fingerprint density at radius 3 is 2.00 bits per heavy atom. The number of nitrogens with zero attached hydrogens (tertiary/aromatic N) is 1. The van der Waals surface area contributed by atoms with E-state index in [1.165, 1.54) is 0 Å². The Hall–Kier alpha value is -0.720. The fraction of sp³-hybridized carbons (Fsp3) is 0.857. The molecular formula is C14H28N2O3S. The van der Waals surface area contributed by atoms with Gasteiger partial charge < -0.3 is 20.1 Å². The van der Waals surface area contributed by atoms with E-state index in [2.05, 4.69) is 0 Å². The van der Waals surface area contributed by atoms with Gasteiger partial charge in [-0.2, -0.15) is 0 Å². The zero-order valence-corrected chi connectivity index (χ0v) is 13.7. The molecule has 0 saturated heterocycles. The smallest absolute Gasteiger partial charge is 0.232 e. The summed E-state index contributed by atoms with van der Waals surface area (Å²) < 4.78 is 10.6. The Balaban J connectivity index is 4.59. The van der Waals surface area contributed by atoms with Crippen LogP contribution in [0, 0.1) is 5.92 Å². The normalized spacial score (nSPS) is 12.2. The van der Waals surface area contributed by atoms with Gasteiger partial charge in [0.1, 0.15) is 0 Å². The second-order valence-electron chi connectivity index (χ2n) is 4.46. The van der Waals surface area contributed by atoms with Gasteiger partial charge in [-0.15, -0.1) is 0 Å². The van der Waals surface area contributed by atoms with Crippen molar-refractivity contribution in [2.75, 3.05) is 39.5 Å². The molecule has 0 aliphatic heterocycles. The average molecular weight is 304 g/mol. The summed E-state index contributed by atoms with van der Waals surface area (Å²) in [5.41, 5.74) is 5.69. The molecule has 0 aromatic rings. The van der Waals surface area contributed by atoms with E-state index in [0.717, 1.165) is 6.42 Å². The summed E-state index contributed by atoms with van der Waals surface area (Å²) in [5.74, 6) is -0.392. The van der Waals surface area contributed by atoms with Gasteiger partial charge in [0, 0.05) is 26.3 Å². The summed E-state index contributed by atoms with van der Waals surface area (Å²) in [7, 11) is 0. The van der Waals surface area contributed by atoms with E-state index < -0.39 is 0 Å². The number of rotatable bonds is 12. The first-order valence-corrected chi connectivity index (χ1v) is 7.72. The third-order valence-electron chi connectivity index (χ3n) is 2.95. The van der Waals surface area contributed by atoms with Gasteiger partial charge in [-0.3, -0.25) is 4.79 Å². The van der Waals surface area contributed by atoms with Crippen LogP contribution in [0.4, 0.5) is 0 Å². The van der Waals surface area contributed by atoms with Crippen LogP contribution >= 0.6 is 12.2 Å². The molecule has 0 aromatic heterocycles. The number of ether oxygens (including phenoxy) is 2. The van der Waals surface area contributed by atoms with Gasteiger partial charge in [-0.1, -0.05) is 25.6 Å². The molecule has 2 N–H and O–H groups in total. The first-order chi connectivity index (χ1) is 9.58. The summed E-state index contributed by atoms with van der Waals surface area (Å²) in [6.07, 6.45) is 1.56. The molecule has 6 heteroatoms. The second kappa shape index (κ2) is 12.1. The number of hydrogen-bond acceptors (Lipinski definition) is 4. The number of hydrogen-bond donors (Lipinski definition) is 1. The summed E-state index contributed by atoms with van der Waals surface area (Å²) in [6.45, 7) is 9.29. The maximum atomic E-state index is 12.5. The maximum absolute atomic E-state index is 12.5. The molecule has 0 aliphatic carbocycles. The van der Waals surface area contributed by atoms with Crippen LogP contribution in [-0.4, -0.2) is 55.3 Å². The fourth-order valence-electron chi connectivity index (χ4n) is 1.87. The molecule has 0 aliphatic rings. The first-order valence-electron chi connectivity index (χ1n) is 7.31. The average Bonchev–Trinajstić information content (AvgIpc) is 2.42. The summed E-state index contributed by atoms with van der Waals surface area (Å²) >= 11 is 5.02. The molecule has 118 valence electrons. The van der Waals surface area contributed by atoms with Crippen molar-refractivity contribution in [3.05, 3.63) is 0 Å². The van der Waals surface area contributed by atoms with E-state index in [-0.39, 0.29) is 16.8 Å². The minimum Gasteiger partial charge on any atom is -0.393 e. The number of amides is 1. The van der Waals surface area contributed by atoms with Crippen molar-refractivity contribution in [3.8, 4) is 0 Å². The predicted molar refractivity (Wildman–Crippen MR) is 84.7 cm³/mol. The largest absolute Gasteiger partial charge is 0.393 e. The first kappa shape index (κ1) is 19.3. The fourth-order valence-corrected chi connectivity index (χ4v) is 2.09. The highest BCUT2D eigenvalue weighted by atomic mass is 32.1. The van der Waals surface area contributed by atoms with E-state index in [1.807, 2.05) is 20.8 Å². The number of thiocarbonyl (C=S) groups is 1. The van der Waals surface area contributed by atoms with Crippen molar-refractivity contribution in [1.82, 2.24) is 4.90 Å². The van der Waals surface area contributed by atoms with Crippen molar-refractivity contribution >= 4 is 23.1 Å². The number of nitrogens with two attached hydrogens (primary N) is 1. The quantitative estimate of drug-likeness (QED) is 0.438. The van der Waals surface area contributed by atoms with Crippen LogP contribution < -0.4 is 5.73 Å². The van der Waals surface area contributed by atoms with E-state index in [4.69, 9.17) is 27.4 Å². The monoisotopic (exact) mass is 304 g/mol. The van der Waals surface area contributed by atoms with Gasteiger partial charge in [-0.05, 0) is 20.3 Å². The highest BCUT2D eigenvalue weighted by Gasteiger charge is 2.25. The molecule has 0 rings (SSSR count). The van der Waals surface area contributed by atoms with E-state index in [0.29, 0.717) is 45.9 Å². The molecule has 0 heterocycles. The lowest BCUT2D eigenvalue weighted by atomic mass is 10.0. The lowest BCUT2D eigenvalue weighted by Crippen LogP contribution is -2.44. The molecule has 0 saturated carbocycles. The van der Waals surface area contributed by atoms with Crippen molar-refractivity contribution in [3.63, 3.8) is 0 Å². The highest BCUT2D eigenvalue weighted by Crippen LogP contribution is 2.11. The molecule has 20 heavy (non-hydrogen) atoms. The highest BCUT2D eigenvalue weighted by molar-refractivity contribution is 7.80. The molecule has 1 unspecified atom stereocenters. The summed E-state index contributed by atoms with van der Waals surface area (Å²) in [5, 5.41) is 0. The van der Waals surface area contributed by atoms with Gasteiger partial charge >= 0.3 is 0 Å². The van der Waals surface area contributed by atoms with Crippen LogP contribution in [0.15, 0.2) is 0 Å². The maximum Gasteiger partial charge on any atom is 0.232 e. The van der Waals surface area contributed by atoms with Crippen LogP contribution in [0.2, 0.25) is 0 Å². The topological polar surface area (TPSA) is 64.8 Å². The zero-order chi connectivity index (χ0) is 15.4. The molecule has 1 atom stereocenters. The molecule has 0 spiro atoms. The minimum absolute atomic E-state index is 0.0150. The molecular weight excluding hydrogens is 276 g/mol. The SMILES string of the molecule is CCCC(C(=O)N(CCOCC)CCOCC)C(N)=S. The summed E-state index contributed by atoms with van der Waals surface area (Å²) in [6, 6.07) is 0. The van der Waals surface area contributed by atoms with Crippen LogP contribution in [0.1, 0.15) is 33.6 Å². The molecule has 5 nitrogen and oxygen atoms in total. The minimum atomic E-state index is -0.377. The number of carbonyl (C=O) groups is 1. The molecule has 0 fully saturated rings. The predicted octanol–water partition coefficient (Wildman–Crippen LogP) is 1.59. The Labute approximate surface area is 127 Å². The van der Waals surface area contributed by atoms with Gasteiger partial charge in [-0.25, -0.2) is 0 Å². The van der Waals surface area contributed by atoms with E-state index >= 15 is 0 Å². The Morgan fingerprint density at radius 2 is 1.65 bits per heavy atom. The van der Waals surface area contributed by atoms with Gasteiger partial charge in [0.15, 0.2) is 0 Å². The van der Waals surface area contributed by atoms with Crippen molar-refractivity contribution < 1.29 is 14.3 Å². The lowest BCUT2D eigenvalue weighted by molar-refractivity contribution is -0.135. The Morgan fingerprint density at radius 1 is 1.15 bits per heavy atom. The Kier molecular flexibility index (Phi) is 11.6. The third-order valence-corrected chi connectivity index (χ3v) is 3.23. The van der Waals surface area contributed by atoms with Crippen molar-refractivity contribution in [1.29, 1.82) is 0 Å². The van der Waals surface area contributed by atoms with E-state index in [1.54, 1.807) is 4.90 Å². The van der Waals surface area contributed by atoms with Gasteiger partial charge in [0.2, 0.25) is 5.91 Å². The second-order valence-corrected chi connectivity index (χ2v) is 4.93. The summed E-state index contributed by atoms with van der Waals surface area (Å²) in [4.78, 5) is 14.5. The van der Waals surface area contributed by atoms with Crippen molar-refractivity contribution in [2.45, 2.75) is 33.6 Å². The molecule has 1 amide bonds. The van der Waals surface area contributed by atoms with Crippen LogP contribution in [0.3, 0.4) is 0 Å². The van der Waals surface area contributed by atoms with E-state index in [9.17, 15) is 4.79 Å².